The molecule has 5 heteroatoms. The molecule has 0 heterocycles. The lowest BCUT2D eigenvalue weighted by Gasteiger charge is -2.24. The smallest absolute Gasteiger partial charge is 0.239 e. The van der Waals surface area contributed by atoms with Gasteiger partial charge < -0.3 is 20.5 Å². The number of aliphatic hydroxyl groups is 1. The lowest BCUT2D eigenvalue weighted by atomic mass is 10.2. The molecule has 1 amide bonds. The SMILES string of the molecule is COCCC(N)C(=O)N(CCO)C1CC1. The quantitative estimate of drug-likeness (QED) is 0.592. The van der Waals surface area contributed by atoms with Crippen molar-refractivity contribution in [2.45, 2.75) is 31.3 Å². The van der Waals surface area contributed by atoms with Crippen molar-refractivity contribution in [3.05, 3.63) is 0 Å². The van der Waals surface area contributed by atoms with E-state index in [0.29, 0.717) is 25.6 Å². The van der Waals surface area contributed by atoms with Gasteiger partial charge in [-0.3, -0.25) is 4.79 Å². The van der Waals surface area contributed by atoms with Crippen molar-refractivity contribution in [1.29, 1.82) is 0 Å². The van der Waals surface area contributed by atoms with Crippen molar-refractivity contribution in [1.82, 2.24) is 4.90 Å². The fraction of sp³-hybridized carbons (Fsp3) is 0.900. The van der Waals surface area contributed by atoms with Crippen molar-refractivity contribution < 1.29 is 14.6 Å². The minimum Gasteiger partial charge on any atom is -0.395 e. The molecule has 0 aromatic carbocycles. The largest absolute Gasteiger partial charge is 0.395 e. The number of methoxy groups -OCH3 is 1. The number of nitrogens with zero attached hydrogens (tertiary/aromatic N) is 1. The molecule has 88 valence electrons. The van der Waals surface area contributed by atoms with E-state index in [1.807, 2.05) is 0 Å². The Bertz CT molecular complexity index is 207. The zero-order valence-electron chi connectivity index (χ0n) is 9.19. The second-order valence-corrected chi connectivity index (χ2v) is 3.87. The van der Waals surface area contributed by atoms with Crippen LogP contribution in [0.2, 0.25) is 0 Å². The molecule has 0 radical (unpaired) electrons. The molecule has 1 saturated carbocycles. The van der Waals surface area contributed by atoms with Crippen LogP contribution in [-0.2, 0) is 9.53 Å². The first kappa shape index (κ1) is 12.4. The van der Waals surface area contributed by atoms with Crippen LogP contribution >= 0.6 is 0 Å². The van der Waals surface area contributed by atoms with Gasteiger partial charge in [0, 0.05) is 26.3 Å². The molecule has 0 aromatic heterocycles. The first-order valence-electron chi connectivity index (χ1n) is 5.36. The number of ether oxygens (including phenoxy) is 1. The van der Waals surface area contributed by atoms with Gasteiger partial charge in [-0.25, -0.2) is 0 Å². The fourth-order valence-corrected chi connectivity index (χ4v) is 1.55. The van der Waals surface area contributed by atoms with Gasteiger partial charge in [-0.2, -0.15) is 0 Å². The summed E-state index contributed by atoms with van der Waals surface area (Å²) in [5.74, 6) is -0.0661. The van der Waals surface area contributed by atoms with Gasteiger partial charge in [-0.1, -0.05) is 0 Å². The summed E-state index contributed by atoms with van der Waals surface area (Å²) in [6.07, 6.45) is 2.59. The molecule has 0 aliphatic heterocycles. The third-order valence-corrected chi connectivity index (χ3v) is 2.56. The zero-order chi connectivity index (χ0) is 11.3. The van der Waals surface area contributed by atoms with Crippen LogP contribution in [0.5, 0.6) is 0 Å². The summed E-state index contributed by atoms with van der Waals surface area (Å²) < 4.78 is 4.88. The number of rotatable bonds is 7. The summed E-state index contributed by atoms with van der Waals surface area (Å²) in [7, 11) is 1.59. The Morgan fingerprint density at radius 1 is 1.67 bits per heavy atom. The molecule has 5 nitrogen and oxygen atoms in total. The lowest BCUT2D eigenvalue weighted by molar-refractivity contribution is -0.134. The van der Waals surface area contributed by atoms with E-state index in [1.165, 1.54) is 0 Å². The van der Waals surface area contributed by atoms with E-state index in [0.717, 1.165) is 12.8 Å². The molecular weight excluding hydrogens is 196 g/mol. The van der Waals surface area contributed by atoms with Gasteiger partial charge in [-0.05, 0) is 19.3 Å². The highest BCUT2D eigenvalue weighted by Crippen LogP contribution is 2.27. The van der Waals surface area contributed by atoms with E-state index in [1.54, 1.807) is 12.0 Å². The number of aliphatic hydroxyl groups excluding tert-OH is 1. The number of amides is 1. The molecule has 0 spiro atoms. The van der Waals surface area contributed by atoms with Gasteiger partial charge in [0.05, 0.1) is 12.6 Å². The van der Waals surface area contributed by atoms with E-state index in [9.17, 15) is 4.79 Å². The molecule has 1 atom stereocenters. The highest BCUT2D eigenvalue weighted by atomic mass is 16.5. The summed E-state index contributed by atoms with van der Waals surface area (Å²) in [6, 6.07) is -0.199. The van der Waals surface area contributed by atoms with Gasteiger partial charge in [0.1, 0.15) is 0 Å². The first-order valence-corrected chi connectivity index (χ1v) is 5.36. The Balaban J connectivity index is 2.39. The Morgan fingerprint density at radius 2 is 2.33 bits per heavy atom. The van der Waals surface area contributed by atoms with Crippen molar-refractivity contribution in [3.8, 4) is 0 Å². The highest BCUT2D eigenvalue weighted by Gasteiger charge is 2.34. The molecule has 1 unspecified atom stereocenters. The second-order valence-electron chi connectivity index (χ2n) is 3.87. The molecular formula is C10H20N2O3. The Kier molecular flexibility index (Phi) is 5.01. The maximum atomic E-state index is 11.9. The second kappa shape index (κ2) is 6.05. The van der Waals surface area contributed by atoms with Gasteiger partial charge in [-0.15, -0.1) is 0 Å². The van der Waals surface area contributed by atoms with Crippen LogP contribution < -0.4 is 5.73 Å². The van der Waals surface area contributed by atoms with Crippen LogP contribution in [0, 0.1) is 0 Å². The third-order valence-electron chi connectivity index (χ3n) is 2.56. The number of nitrogens with two attached hydrogens (primary N) is 1. The molecule has 0 bridgehead atoms. The van der Waals surface area contributed by atoms with Crippen molar-refractivity contribution in [2.75, 3.05) is 26.9 Å². The molecule has 0 aromatic rings. The summed E-state index contributed by atoms with van der Waals surface area (Å²) in [4.78, 5) is 13.5. The standard InChI is InChI=1S/C10H20N2O3/c1-15-7-4-9(11)10(14)12(5-6-13)8-2-3-8/h8-9,13H,2-7,11H2,1H3. The normalized spacial score (nSPS) is 17.5. The summed E-state index contributed by atoms with van der Waals surface area (Å²) >= 11 is 0. The van der Waals surface area contributed by atoms with Crippen LogP contribution in [0.4, 0.5) is 0 Å². The average Bonchev–Trinajstić information content (AvgIpc) is 3.05. The Labute approximate surface area is 90.2 Å². The third kappa shape index (κ3) is 3.77. The minimum atomic E-state index is -0.503. The van der Waals surface area contributed by atoms with Crippen LogP contribution in [0.1, 0.15) is 19.3 Å². The number of carbonyl (C=O) groups is 1. The van der Waals surface area contributed by atoms with E-state index < -0.39 is 6.04 Å². The topological polar surface area (TPSA) is 75.8 Å². The van der Waals surface area contributed by atoms with Gasteiger partial charge in [0.25, 0.3) is 0 Å². The van der Waals surface area contributed by atoms with Crippen LogP contribution in [0.15, 0.2) is 0 Å². The Hall–Kier alpha value is -0.650. The lowest BCUT2D eigenvalue weighted by Crippen LogP contribution is -2.46. The van der Waals surface area contributed by atoms with Gasteiger partial charge in [0.2, 0.25) is 5.91 Å². The molecule has 1 aliphatic carbocycles. The fourth-order valence-electron chi connectivity index (χ4n) is 1.55. The van der Waals surface area contributed by atoms with Crippen LogP contribution in [0.3, 0.4) is 0 Å². The summed E-state index contributed by atoms with van der Waals surface area (Å²) in [6.45, 7) is 0.883. The predicted molar refractivity (Wildman–Crippen MR) is 56.3 cm³/mol. The highest BCUT2D eigenvalue weighted by molar-refractivity contribution is 5.82. The monoisotopic (exact) mass is 216 g/mol. The molecule has 1 rings (SSSR count). The van der Waals surface area contributed by atoms with Gasteiger partial charge >= 0.3 is 0 Å². The minimum absolute atomic E-state index is 0.000756. The van der Waals surface area contributed by atoms with Crippen LogP contribution in [0.25, 0.3) is 0 Å². The van der Waals surface area contributed by atoms with Gasteiger partial charge in [0.15, 0.2) is 0 Å². The molecule has 3 N–H and O–H groups in total. The van der Waals surface area contributed by atoms with E-state index >= 15 is 0 Å². The number of hydrogen-bond acceptors (Lipinski definition) is 4. The molecule has 15 heavy (non-hydrogen) atoms. The summed E-state index contributed by atoms with van der Waals surface area (Å²) in [5, 5.41) is 8.86. The number of carbonyl (C=O) groups excluding carboxylic acids is 1. The van der Waals surface area contributed by atoms with Crippen molar-refractivity contribution in [3.63, 3.8) is 0 Å². The first-order chi connectivity index (χ1) is 7.20. The molecule has 1 aliphatic rings. The maximum Gasteiger partial charge on any atom is 0.239 e. The van der Waals surface area contributed by atoms with E-state index in [4.69, 9.17) is 15.6 Å². The number of hydrogen-bond donors (Lipinski definition) is 2. The van der Waals surface area contributed by atoms with Crippen molar-refractivity contribution in [2.24, 2.45) is 5.73 Å². The molecule has 1 fully saturated rings. The Morgan fingerprint density at radius 3 is 2.80 bits per heavy atom. The zero-order valence-corrected chi connectivity index (χ0v) is 9.19. The molecule has 0 saturated heterocycles. The predicted octanol–water partition coefficient (Wildman–Crippen LogP) is -0.666. The average molecular weight is 216 g/mol. The van der Waals surface area contributed by atoms with E-state index in [2.05, 4.69) is 0 Å². The maximum absolute atomic E-state index is 11.9. The van der Waals surface area contributed by atoms with Crippen molar-refractivity contribution >= 4 is 5.91 Å². The summed E-state index contributed by atoms with van der Waals surface area (Å²) in [5.41, 5.74) is 5.75. The van der Waals surface area contributed by atoms with Crippen LogP contribution in [-0.4, -0.2) is 54.9 Å². The van der Waals surface area contributed by atoms with E-state index in [-0.39, 0.29) is 12.5 Å².